The Morgan fingerprint density at radius 2 is 2.19 bits per heavy atom. The van der Waals surface area contributed by atoms with Gasteiger partial charge in [-0.3, -0.25) is 4.57 Å². The summed E-state index contributed by atoms with van der Waals surface area (Å²) in [6.45, 7) is 2.07. The molecule has 0 bridgehead atoms. The van der Waals surface area contributed by atoms with Gasteiger partial charge in [0.25, 0.3) is 0 Å². The van der Waals surface area contributed by atoms with Crippen molar-refractivity contribution >= 4 is 35.0 Å². The standard InChI is InChI=1S/C14H15ClN4OS/c1-4-10-12-13(18(2)17-10)19(14(21)16-12)8-5-6-9(15)11(7-8)20-3/h5-7H,4H2,1-3H3,(H,16,21). The van der Waals surface area contributed by atoms with Crippen LogP contribution in [0.4, 0.5) is 0 Å². The van der Waals surface area contributed by atoms with Gasteiger partial charge >= 0.3 is 0 Å². The average Bonchev–Trinajstić information content (AvgIpc) is 2.96. The number of nitrogens with one attached hydrogen (secondary N) is 1. The lowest BCUT2D eigenvalue weighted by molar-refractivity contribution is 0.415. The lowest BCUT2D eigenvalue weighted by Gasteiger charge is -2.08. The van der Waals surface area contributed by atoms with Crippen molar-refractivity contribution in [2.45, 2.75) is 13.3 Å². The highest BCUT2D eigenvalue weighted by molar-refractivity contribution is 7.71. The Morgan fingerprint density at radius 3 is 2.86 bits per heavy atom. The predicted octanol–water partition coefficient (Wildman–Crippen LogP) is 3.65. The highest BCUT2D eigenvalue weighted by Crippen LogP contribution is 2.29. The average molecular weight is 323 g/mol. The van der Waals surface area contributed by atoms with Crippen molar-refractivity contribution in [3.63, 3.8) is 0 Å². The Morgan fingerprint density at radius 1 is 1.43 bits per heavy atom. The Kier molecular flexibility index (Phi) is 3.51. The van der Waals surface area contributed by atoms with Gasteiger partial charge in [0.15, 0.2) is 10.4 Å². The number of fused-ring (bicyclic) bond motifs is 1. The molecule has 0 saturated heterocycles. The summed E-state index contributed by atoms with van der Waals surface area (Å²) in [4.78, 5) is 3.24. The molecule has 1 N–H and O–H groups in total. The molecule has 0 spiro atoms. The molecule has 5 nitrogen and oxygen atoms in total. The Balaban J connectivity index is 2.32. The number of aryl methyl sites for hydroxylation is 2. The topological polar surface area (TPSA) is 47.8 Å². The molecule has 1 aromatic carbocycles. The van der Waals surface area contributed by atoms with E-state index in [1.807, 2.05) is 28.4 Å². The predicted molar refractivity (Wildman–Crippen MR) is 86.2 cm³/mol. The zero-order valence-corrected chi connectivity index (χ0v) is 13.5. The first-order chi connectivity index (χ1) is 10.1. The number of hydrogen-bond donors (Lipinski definition) is 1. The number of aromatic nitrogens is 4. The molecule has 3 aromatic rings. The quantitative estimate of drug-likeness (QED) is 0.749. The van der Waals surface area contributed by atoms with Crippen LogP contribution >= 0.6 is 23.8 Å². The minimum atomic E-state index is 0.568. The van der Waals surface area contributed by atoms with Crippen molar-refractivity contribution in [2.24, 2.45) is 7.05 Å². The number of halogens is 1. The maximum atomic E-state index is 6.09. The molecule has 7 heteroatoms. The molecule has 0 atom stereocenters. The minimum absolute atomic E-state index is 0.568. The number of H-pyrrole nitrogens is 1. The normalized spacial score (nSPS) is 11.2. The molecule has 0 unspecified atom stereocenters. The van der Waals surface area contributed by atoms with Crippen LogP contribution < -0.4 is 4.74 Å². The van der Waals surface area contributed by atoms with Crippen LogP contribution in [0.15, 0.2) is 18.2 Å². The second-order valence-corrected chi connectivity index (χ2v) is 5.50. The first kappa shape index (κ1) is 14.2. The van der Waals surface area contributed by atoms with E-state index >= 15 is 0 Å². The van der Waals surface area contributed by atoms with Crippen LogP contribution in [0.25, 0.3) is 16.9 Å². The van der Waals surface area contributed by atoms with Gasteiger partial charge in [-0.2, -0.15) is 5.10 Å². The summed E-state index contributed by atoms with van der Waals surface area (Å²) in [5, 5.41) is 5.08. The largest absolute Gasteiger partial charge is 0.495 e. The Bertz CT molecular complexity index is 877. The van der Waals surface area contributed by atoms with Crippen LogP contribution in [0.3, 0.4) is 0 Å². The third-order valence-electron chi connectivity index (χ3n) is 3.46. The van der Waals surface area contributed by atoms with Crippen LogP contribution in [0.5, 0.6) is 5.75 Å². The molecule has 110 valence electrons. The Labute approximate surface area is 132 Å². The summed E-state index contributed by atoms with van der Waals surface area (Å²) in [7, 11) is 3.50. The second-order valence-electron chi connectivity index (χ2n) is 4.71. The van der Waals surface area contributed by atoms with Gasteiger partial charge in [-0.25, -0.2) is 4.68 Å². The molecule has 2 aromatic heterocycles. The third-order valence-corrected chi connectivity index (χ3v) is 4.06. The summed E-state index contributed by atoms with van der Waals surface area (Å²) in [5.41, 5.74) is 3.79. The lowest BCUT2D eigenvalue weighted by atomic mass is 10.3. The van der Waals surface area contributed by atoms with Crippen molar-refractivity contribution in [1.82, 2.24) is 19.3 Å². The summed E-state index contributed by atoms with van der Waals surface area (Å²) in [6.07, 6.45) is 0.844. The van der Waals surface area contributed by atoms with Gasteiger partial charge < -0.3 is 9.72 Å². The minimum Gasteiger partial charge on any atom is -0.495 e. The highest BCUT2D eigenvalue weighted by Gasteiger charge is 2.16. The van der Waals surface area contributed by atoms with Crippen molar-refractivity contribution in [3.05, 3.63) is 33.7 Å². The maximum absolute atomic E-state index is 6.09. The summed E-state index contributed by atoms with van der Waals surface area (Å²) >= 11 is 11.5. The number of nitrogens with zero attached hydrogens (tertiary/aromatic N) is 3. The lowest BCUT2D eigenvalue weighted by Crippen LogP contribution is -2.01. The van der Waals surface area contributed by atoms with Crippen LogP contribution in [-0.4, -0.2) is 26.4 Å². The van der Waals surface area contributed by atoms with E-state index < -0.39 is 0 Å². The molecular weight excluding hydrogens is 308 g/mol. The first-order valence-electron chi connectivity index (χ1n) is 6.57. The molecule has 0 saturated carbocycles. The molecule has 0 fully saturated rings. The molecule has 21 heavy (non-hydrogen) atoms. The van der Waals surface area contributed by atoms with Gasteiger partial charge in [0, 0.05) is 13.1 Å². The SMILES string of the molecule is CCc1nn(C)c2c1[nH]c(=S)n2-c1ccc(Cl)c(OC)c1. The molecule has 0 aliphatic carbocycles. The third kappa shape index (κ3) is 2.15. The van der Waals surface area contributed by atoms with E-state index in [2.05, 4.69) is 17.0 Å². The number of methoxy groups -OCH3 is 1. The van der Waals surface area contributed by atoms with E-state index in [1.54, 1.807) is 13.2 Å². The molecule has 0 aliphatic rings. The van der Waals surface area contributed by atoms with Crippen molar-refractivity contribution in [2.75, 3.05) is 7.11 Å². The summed E-state index contributed by atoms with van der Waals surface area (Å²) in [6, 6.07) is 5.57. The van der Waals surface area contributed by atoms with Crippen LogP contribution in [-0.2, 0) is 13.5 Å². The molecule has 0 radical (unpaired) electrons. The maximum Gasteiger partial charge on any atom is 0.184 e. The summed E-state index contributed by atoms with van der Waals surface area (Å²) in [5.74, 6) is 0.614. The zero-order valence-electron chi connectivity index (χ0n) is 12.0. The van der Waals surface area contributed by atoms with Gasteiger partial charge in [-0.15, -0.1) is 0 Å². The van der Waals surface area contributed by atoms with E-state index in [9.17, 15) is 0 Å². The fraction of sp³-hybridized carbons (Fsp3) is 0.286. The van der Waals surface area contributed by atoms with Crippen LogP contribution in [0, 0.1) is 4.77 Å². The van der Waals surface area contributed by atoms with Crippen LogP contribution in [0.2, 0.25) is 5.02 Å². The number of imidazole rings is 1. The monoisotopic (exact) mass is 322 g/mol. The molecule has 3 rings (SSSR count). The Hall–Kier alpha value is -1.79. The van der Waals surface area contributed by atoms with Crippen molar-refractivity contribution in [1.29, 1.82) is 0 Å². The van der Waals surface area contributed by atoms with E-state index in [0.29, 0.717) is 15.5 Å². The summed E-state index contributed by atoms with van der Waals surface area (Å²) < 4.78 is 9.68. The van der Waals surface area contributed by atoms with Gasteiger partial charge in [0.1, 0.15) is 11.3 Å². The first-order valence-corrected chi connectivity index (χ1v) is 7.36. The second kappa shape index (κ2) is 5.20. The van der Waals surface area contributed by atoms with E-state index in [1.165, 1.54) is 0 Å². The van der Waals surface area contributed by atoms with Crippen molar-refractivity contribution in [3.8, 4) is 11.4 Å². The molecular formula is C14H15ClN4OS. The number of rotatable bonds is 3. The van der Waals surface area contributed by atoms with Gasteiger partial charge in [-0.1, -0.05) is 18.5 Å². The molecule has 0 aliphatic heterocycles. The zero-order chi connectivity index (χ0) is 15.1. The molecule has 0 amide bonds. The fourth-order valence-electron chi connectivity index (χ4n) is 2.49. The number of hydrogen-bond acceptors (Lipinski definition) is 3. The van der Waals surface area contributed by atoms with Crippen molar-refractivity contribution < 1.29 is 4.74 Å². The van der Waals surface area contributed by atoms with Gasteiger partial charge in [-0.05, 0) is 30.8 Å². The fourth-order valence-corrected chi connectivity index (χ4v) is 2.98. The van der Waals surface area contributed by atoms with Gasteiger partial charge in [0.2, 0.25) is 0 Å². The van der Waals surface area contributed by atoms with E-state index in [-0.39, 0.29) is 0 Å². The van der Waals surface area contributed by atoms with E-state index in [4.69, 9.17) is 28.6 Å². The van der Waals surface area contributed by atoms with Crippen LogP contribution in [0.1, 0.15) is 12.6 Å². The number of ether oxygens (including phenoxy) is 1. The molecule has 2 heterocycles. The van der Waals surface area contributed by atoms with Gasteiger partial charge in [0.05, 0.1) is 23.5 Å². The van der Waals surface area contributed by atoms with E-state index in [0.717, 1.165) is 29.0 Å². The smallest absolute Gasteiger partial charge is 0.184 e. The highest BCUT2D eigenvalue weighted by atomic mass is 35.5. The number of benzene rings is 1. The number of aromatic amines is 1.